The standard InChI is InChI=1S/C21H25NO10S2/c1-29-14-10-19(31-3)16(20(11-14)32-4)7-6-15(21(23)24)17-9-13(5-8-18(17)30-2)12-33(25,26)34(22,27)28/h5-11,15H,12H2,1-4H3,(H,23,24)(H2,22,27,28). The molecule has 0 aliphatic heterocycles. The third-order valence-corrected chi connectivity index (χ3v) is 8.67. The zero-order valence-electron chi connectivity index (χ0n) is 18.8. The average molecular weight is 516 g/mol. The number of carboxylic acid groups (broad SMARTS) is 1. The van der Waals surface area contributed by atoms with Gasteiger partial charge in [0.1, 0.15) is 28.9 Å². The molecular weight excluding hydrogens is 490 g/mol. The number of hydrogen-bond acceptors (Lipinski definition) is 9. The van der Waals surface area contributed by atoms with E-state index in [9.17, 15) is 26.7 Å². The number of methoxy groups -OCH3 is 4. The second-order valence-electron chi connectivity index (χ2n) is 6.89. The molecule has 0 radical (unpaired) electrons. The number of aliphatic carboxylic acids is 1. The molecule has 0 spiro atoms. The maximum Gasteiger partial charge on any atom is 0.315 e. The van der Waals surface area contributed by atoms with Crippen molar-refractivity contribution < 1.29 is 45.7 Å². The molecular formula is C21H25NO10S2. The van der Waals surface area contributed by atoms with Gasteiger partial charge in [-0.15, -0.1) is 0 Å². The zero-order chi connectivity index (χ0) is 25.7. The summed E-state index contributed by atoms with van der Waals surface area (Å²) in [6.07, 6.45) is 2.81. The Kier molecular flexibility index (Phi) is 8.53. The summed E-state index contributed by atoms with van der Waals surface area (Å²) in [6.45, 7) is 0. The van der Waals surface area contributed by atoms with Crippen LogP contribution in [0, 0.1) is 0 Å². The molecule has 186 valence electrons. The van der Waals surface area contributed by atoms with Gasteiger partial charge in [0.2, 0.25) is 0 Å². The molecule has 1 atom stereocenters. The first-order chi connectivity index (χ1) is 15.9. The second-order valence-corrected chi connectivity index (χ2v) is 12.2. The van der Waals surface area contributed by atoms with Gasteiger partial charge in [0.05, 0.1) is 39.8 Å². The number of nitrogens with two attached hydrogens (primary N) is 1. The van der Waals surface area contributed by atoms with Gasteiger partial charge in [-0.05, 0) is 17.7 Å². The van der Waals surface area contributed by atoms with Crippen LogP contribution in [0.15, 0.2) is 36.4 Å². The minimum Gasteiger partial charge on any atom is -0.496 e. The van der Waals surface area contributed by atoms with Crippen LogP contribution in [0.25, 0.3) is 6.08 Å². The Balaban J connectivity index is 2.60. The third-order valence-electron chi connectivity index (χ3n) is 4.80. The predicted molar refractivity (Wildman–Crippen MR) is 124 cm³/mol. The summed E-state index contributed by atoms with van der Waals surface area (Å²) in [7, 11) is -3.93. The van der Waals surface area contributed by atoms with Gasteiger partial charge in [0.25, 0.3) is 8.87 Å². The molecule has 2 rings (SSSR count). The van der Waals surface area contributed by atoms with Crippen molar-refractivity contribution in [2.24, 2.45) is 5.14 Å². The van der Waals surface area contributed by atoms with E-state index < -0.39 is 35.6 Å². The van der Waals surface area contributed by atoms with Crippen LogP contribution in [-0.2, 0) is 28.5 Å². The maximum atomic E-state index is 12.1. The van der Waals surface area contributed by atoms with Crippen molar-refractivity contribution in [3.8, 4) is 23.0 Å². The summed E-state index contributed by atoms with van der Waals surface area (Å²) in [6, 6.07) is 7.09. The molecule has 0 heterocycles. The van der Waals surface area contributed by atoms with Gasteiger partial charge in [0, 0.05) is 17.7 Å². The van der Waals surface area contributed by atoms with E-state index in [2.05, 4.69) is 0 Å². The summed E-state index contributed by atoms with van der Waals surface area (Å²) in [5.41, 5.74) is 0.549. The lowest BCUT2D eigenvalue weighted by Crippen LogP contribution is -2.25. The fourth-order valence-electron chi connectivity index (χ4n) is 3.11. The number of benzene rings is 2. The molecule has 0 aromatic heterocycles. The van der Waals surface area contributed by atoms with Crippen molar-refractivity contribution >= 4 is 30.0 Å². The fourth-order valence-corrected chi connectivity index (χ4v) is 4.76. The molecule has 0 bridgehead atoms. The summed E-state index contributed by atoms with van der Waals surface area (Å²) in [5, 5.41) is 14.7. The van der Waals surface area contributed by atoms with Gasteiger partial charge in [-0.25, -0.2) is 13.6 Å². The van der Waals surface area contributed by atoms with E-state index in [1.807, 2.05) is 0 Å². The average Bonchev–Trinajstić information content (AvgIpc) is 2.77. The Bertz CT molecular complexity index is 1280. The smallest absolute Gasteiger partial charge is 0.315 e. The van der Waals surface area contributed by atoms with E-state index >= 15 is 0 Å². The van der Waals surface area contributed by atoms with Gasteiger partial charge in [0.15, 0.2) is 0 Å². The minimum absolute atomic E-state index is 0.0177. The van der Waals surface area contributed by atoms with Crippen molar-refractivity contribution in [2.75, 3.05) is 28.4 Å². The van der Waals surface area contributed by atoms with Gasteiger partial charge in [-0.1, -0.05) is 18.2 Å². The maximum absolute atomic E-state index is 12.1. The van der Waals surface area contributed by atoms with Gasteiger partial charge in [-0.2, -0.15) is 8.42 Å². The highest BCUT2D eigenvalue weighted by molar-refractivity contribution is 8.66. The number of carboxylic acids is 1. The second kappa shape index (κ2) is 10.8. The topological polar surface area (TPSA) is 169 Å². The highest BCUT2D eigenvalue weighted by atomic mass is 33.2. The lowest BCUT2D eigenvalue weighted by atomic mass is 9.95. The van der Waals surface area contributed by atoms with Crippen LogP contribution in [0.4, 0.5) is 0 Å². The van der Waals surface area contributed by atoms with Crippen molar-refractivity contribution in [1.82, 2.24) is 0 Å². The molecule has 1 unspecified atom stereocenters. The van der Waals surface area contributed by atoms with Gasteiger partial charge in [-0.3, -0.25) is 4.79 Å². The monoisotopic (exact) mass is 515 g/mol. The fraction of sp³-hybridized carbons (Fsp3) is 0.286. The summed E-state index contributed by atoms with van der Waals surface area (Å²) < 4.78 is 67.9. The van der Waals surface area contributed by atoms with Crippen LogP contribution >= 0.6 is 0 Å². The van der Waals surface area contributed by atoms with E-state index in [-0.39, 0.29) is 16.9 Å². The van der Waals surface area contributed by atoms with Crippen LogP contribution in [0.3, 0.4) is 0 Å². The number of hydrogen-bond donors (Lipinski definition) is 2. The van der Waals surface area contributed by atoms with Gasteiger partial charge < -0.3 is 24.1 Å². The van der Waals surface area contributed by atoms with Crippen LogP contribution in [-0.4, -0.2) is 56.4 Å². The normalized spacial score (nSPS) is 12.9. The Morgan fingerprint density at radius 2 is 1.50 bits per heavy atom. The first-order valence-corrected chi connectivity index (χ1v) is 13.2. The molecule has 0 aliphatic carbocycles. The Morgan fingerprint density at radius 3 is 1.94 bits per heavy atom. The molecule has 0 saturated heterocycles. The molecule has 13 heteroatoms. The lowest BCUT2D eigenvalue weighted by molar-refractivity contribution is -0.137. The van der Waals surface area contributed by atoms with Gasteiger partial charge >= 0.3 is 15.0 Å². The SMILES string of the molecule is COc1cc(OC)c(C=CC(C(=O)O)c2cc(CS(=O)(=O)S(N)(=O)=O)ccc2OC)c(OC)c1. The first kappa shape index (κ1) is 27.0. The largest absolute Gasteiger partial charge is 0.496 e. The molecule has 3 N–H and O–H groups in total. The number of carbonyl (C=O) groups is 1. The Morgan fingerprint density at radius 1 is 0.941 bits per heavy atom. The van der Waals surface area contributed by atoms with Crippen LogP contribution < -0.4 is 24.1 Å². The van der Waals surface area contributed by atoms with Crippen molar-refractivity contribution in [3.63, 3.8) is 0 Å². The van der Waals surface area contributed by atoms with Crippen LogP contribution in [0.2, 0.25) is 0 Å². The van der Waals surface area contributed by atoms with E-state index in [0.29, 0.717) is 22.8 Å². The van der Waals surface area contributed by atoms with Crippen molar-refractivity contribution in [1.29, 1.82) is 0 Å². The van der Waals surface area contributed by atoms with Crippen LogP contribution in [0.1, 0.15) is 22.6 Å². The molecule has 2 aromatic rings. The highest BCUT2D eigenvalue weighted by Crippen LogP contribution is 2.37. The first-order valence-electron chi connectivity index (χ1n) is 9.51. The van der Waals surface area contributed by atoms with E-state index in [1.54, 1.807) is 12.1 Å². The minimum atomic E-state index is -4.86. The van der Waals surface area contributed by atoms with Crippen molar-refractivity contribution in [3.05, 3.63) is 53.1 Å². The molecule has 2 aromatic carbocycles. The van der Waals surface area contributed by atoms with E-state index in [1.165, 1.54) is 58.8 Å². The number of ether oxygens (including phenoxy) is 4. The summed E-state index contributed by atoms with van der Waals surface area (Å²) in [4.78, 5) is 12.1. The quantitative estimate of drug-likeness (QED) is 0.420. The molecule has 0 amide bonds. The van der Waals surface area contributed by atoms with Crippen molar-refractivity contribution in [2.45, 2.75) is 11.7 Å². The summed E-state index contributed by atoms with van der Waals surface area (Å²) in [5.74, 6) is -2.17. The lowest BCUT2D eigenvalue weighted by Gasteiger charge is -2.16. The molecule has 0 fully saturated rings. The Labute approximate surface area is 197 Å². The molecule has 0 aliphatic rings. The molecule has 0 saturated carbocycles. The third kappa shape index (κ3) is 5.98. The number of rotatable bonds is 11. The predicted octanol–water partition coefficient (Wildman–Crippen LogP) is 1.72. The zero-order valence-corrected chi connectivity index (χ0v) is 20.5. The Hall–Kier alpha value is -3.29. The van der Waals surface area contributed by atoms with E-state index in [4.69, 9.17) is 24.1 Å². The van der Waals surface area contributed by atoms with Crippen LogP contribution in [0.5, 0.6) is 23.0 Å². The summed E-state index contributed by atoms with van der Waals surface area (Å²) >= 11 is 0. The highest BCUT2D eigenvalue weighted by Gasteiger charge is 2.28. The molecule has 11 nitrogen and oxygen atoms in total. The molecule has 34 heavy (non-hydrogen) atoms. The van der Waals surface area contributed by atoms with E-state index in [0.717, 1.165) is 0 Å².